The largest absolute Gasteiger partial charge is 0.508 e. The topological polar surface area (TPSA) is 190 Å². The van der Waals surface area contributed by atoms with Crippen molar-refractivity contribution in [3.8, 4) is 16.9 Å². The summed E-state index contributed by atoms with van der Waals surface area (Å²) in [5, 5.41) is 43.0. The first-order chi connectivity index (χ1) is 20.5. The van der Waals surface area contributed by atoms with Crippen LogP contribution in [0, 0.1) is 0 Å². The predicted octanol–water partition coefficient (Wildman–Crippen LogP) is 3.92. The van der Waals surface area contributed by atoms with Crippen molar-refractivity contribution in [3.05, 3.63) is 83.4 Å². The Balaban J connectivity index is 1.67. The molecule has 0 aromatic heterocycles. The lowest BCUT2D eigenvalue weighted by atomic mass is 9.71. The number of carboxylic acids is 3. The SMILES string of the molecule is O=C(O)CCC(=O)N[C@@H](Cc1ccc(O)cc1)C(=O)Nc1ccc2c(c1)C(CCC(=O)O)(CCC(=O)O)c1ccccc1-2. The number of phenolic OH excluding ortho intramolecular Hbond substituents is 1. The molecule has 43 heavy (non-hydrogen) atoms. The van der Waals surface area contributed by atoms with Gasteiger partial charge >= 0.3 is 17.9 Å². The second-order valence-corrected chi connectivity index (χ2v) is 10.5. The molecule has 3 aromatic carbocycles. The number of hydrogen-bond donors (Lipinski definition) is 6. The lowest BCUT2D eigenvalue weighted by Gasteiger charge is -2.32. The molecule has 224 valence electrons. The zero-order chi connectivity index (χ0) is 31.1. The summed E-state index contributed by atoms with van der Waals surface area (Å²) >= 11 is 0. The number of amides is 2. The van der Waals surface area contributed by atoms with Crippen molar-refractivity contribution in [1.29, 1.82) is 0 Å². The van der Waals surface area contributed by atoms with Crippen LogP contribution in [-0.4, -0.2) is 56.2 Å². The average Bonchev–Trinajstić information content (AvgIpc) is 3.24. The normalized spacial score (nSPS) is 13.3. The molecule has 11 nitrogen and oxygen atoms in total. The minimum atomic E-state index is -1.15. The summed E-state index contributed by atoms with van der Waals surface area (Å²) < 4.78 is 0. The molecule has 1 aliphatic carbocycles. The van der Waals surface area contributed by atoms with Gasteiger partial charge in [-0.05, 0) is 64.9 Å². The lowest BCUT2D eigenvalue weighted by Crippen LogP contribution is -2.45. The maximum absolute atomic E-state index is 13.5. The Morgan fingerprint density at radius 1 is 0.698 bits per heavy atom. The highest BCUT2D eigenvalue weighted by Crippen LogP contribution is 2.54. The number of aromatic hydroxyl groups is 1. The van der Waals surface area contributed by atoms with E-state index in [9.17, 15) is 39.3 Å². The van der Waals surface area contributed by atoms with Crippen molar-refractivity contribution >= 4 is 35.4 Å². The van der Waals surface area contributed by atoms with Gasteiger partial charge in [0.1, 0.15) is 11.8 Å². The zero-order valence-electron chi connectivity index (χ0n) is 23.2. The molecule has 2 amide bonds. The van der Waals surface area contributed by atoms with Crippen molar-refractivity contribution in [2.24, 2.45) is 0 Å². The van der Waals surface area contributed by atoms with Crippen LogP contribution in [-0.2, 0) is 35.8 Å². The highest BCUT2D eigenvalue weighted by Gasteiger charge is 2.43. The van der Waals surface area contributed by atoms with Gasteiger partial charge in [-0.2, -0.15) is 0 Å². The Kier molecular flexibility index (Phi) is 9.44. The van der Waals surface area contributed by atoms with E-state index in [1.807, 2.05) is 24.3 Å². The number of carbonyl (C=O) groups excluding carboxylic acids is 2. The Morgan fingerprint density at radius 3 is 1.93 bits per heavy atom. The Labute approximate surface area is 247 Å². The maximum atomic E-state index is 13.5. The van der Waals surface area contributed by atoms with Gasteiger partial charge in [-0.3, -0.25) is 24.0 Å². The van der Waals surface area contributed by atoms with Gasteiger partial charge in [0.05, 0.1) is 6.42 Å². The molecule has 1 aliphatic rings. The van der Waals surface area contributed by atoms with Crippen molar-refractivity contribution in [3.63, 3.8) is 0 Å². The Morgan fingerprint density at radius 2 is 1.30 bits per heavy atom. The zero-order valence-corrected chi connectivity index (χ0v) is 23.2. The molecule has 4 rings (SSSR count). The first-order valence-corrected chi connectivity index (χ1v) is 13.8. The Bertz CT molecular complexity index is 1530. The summed E-state index contributed by atoms with van der Waals surface area (Å²) in [6, 6.07) is 17.7. The minimum Gasteiger partial charge on any atom is -0.508 e. The number of benzene rings is 3. The molecule has 0 aliphatic heterocycles. The van der Waals surface area contributed by atoms with Gasteiger partial charge in [-0.25, -0.2) is 0 Å². The second-order valence-electron chi connectivity index (χ2n) is 10.5. The van der Waals surface area contributed by atoms with Crippen molar-refractivity contribution in [2.45, 2.75) is 56.4 Å². The van der Waals surface area contributed by atoms with Gasteiger partial charge < -0.3 is 31.1 Å². The number of carbonyl (C=O) groups is 5. The van der Waals surface area contributed by atoms with Crippen LogP contribution in [0.15, 0.2) is 66.7 Å². The molecule has 0 saturated carbocycles. The fraction of sp³-hybridized carbons (Fsp3) is 0.281. The van der Waals surface area contributed by atoms with Gasteiger partial charge in [0.2, 0.25) is 11.8 Å². The summed E-state index contributed by atoms with van der Waals surface area (Å²) in [6.45, 7) is 0. The van der Waals surface area contributed by atoms with E-state index >= 15 is 0 Å². The molecule has 6 N–H and O–H groups in total. The molecule has 0 spiro atoms. The van der Waals surface area contributed by atoms with Crippen molar-refractivity contribution in [2.75, 3.05) is 5.32 Å². The van der Waals surface area contributed by atoms with Crippen molar-refractivity contribution < 1.29 is 44.4 Å². The van der Waals surface area contributed by atoms with Crippen LogP contribution in [0.1, 0.15) is 55.2 Å². The lowest BCUT2D eigenvalue weighted by molar-refractivity contribution is -0.139. The summed E-state index contributed by atoms with van der Waals surface area (Å²) in [6.07, 6.45) is -0.744. The summed E-state index contributed by atoms with van der Waals surface area (Å²) in [7, 11) is 0. The molecule has 0 fully saturated rings. The second kappa shape index (κ2) is 13.2. The van der Waals surface area contributed by atoms with E-state index in [1.54, 1.807) is 30.3 Å². The van der Waals surface area contributed by atoms with Crippen LogP contribution in [0.2, 0.25) is 0 Å². The number of fused-ring (bicyclic) bond motifs is 3. The first-order valence-electron chi connectivity index (χ1n) is 13.8. The van der Waals surface area contributed by atoms with Crippen LogP contribution in [0.4, 0.5) is 5.69 Å². The molecule has 0 radical (unpaired) electrons. The molecular formula is C32H32N2O9. The standard InChI is InChI=1S/C32H32N2O9/c35-21-8-5-19(6-9-21)17-26(34-27(36)11-12-28(37)38)31(43)33-20-7-10-23-22-3-1-2-4-24(22)32(25(23)18-20,15-13-29(39)40)16-14-30(41)42/h1-10,18,26,35H,11-17H2,(H,33,43)(H,34,36)(H,37,38)(H,39,40)(H,41,42)/t26-/m0/s1. The Hall–Kier alpha value is -5.19. The van der Waals surface area contributed by atoms with E-state index in [0.717, 1.165) is 16.7 Å². The van der Waals surface area contributed by atoms with Crippen LogP contribution in [0.5, 0.6) is 5.75 Å². The van der Waals surface area contributed by atoms with E-state index in [4.69, 9.17) is 5.11 Å². The number of carboxylic acid groups (broad SMARTS) is 3. The van der Waals surface area contributed by atoms with Gasteiger partial charge in [-0.1, -0.05) is 42.5 Å². The highest BCUT2D eigenvalue weighted by atomic mass is 16.4. The van der Waals surface area contributed by atoms with Gasteiger partial charge in [0.25, 0.3) is 0 Å². The molecule has 0 unspecified atom stereocenters. The predicted molar refractivity (Wildman–Crippen MR) is 156 cm³/mol. The van der Waals surface area contributed by atoms with E-state index < -0.39 is 47.6 Å². The van der Waals surface area contributed by atoms with Crippen molar-refractivity contribution in [1.82, 2.24) is 5.32 Å². The number of hydrogen-bond acceptors (Lipinski definition) is 6. The molecule has 0 saturated heterocycles. The number of phenols is 1. The number of aliphatic carboxylic acids is 3. The smallest absolute Gasteiger partial charge is 0.303 e. The van der Waals surface area contributed by atoms with Crippen LogP contribution >= 0.6 is 0 Å². The molecule has 0 heterocycles. The van der Waals surface area contributed by atoms with Crippen LogP contribution < -0.4 is 10.6 Å². The van der Waals surface area contributed by atoms with Gasteiger partial charge in [0.15, 0.2) is 0 Å². The maximum Gasteiger partial charge on any atom is 0.303 e. The molecule has 11 heteroatoms. The van der Waals surface area contributed by atoms with Crippen LogP contribution in [0.3, 0.4) is 0 Å². The van der Waals surface area contributed by atoms with E-state index in [0.29, 0.717) is 16.8 Å². The molecule has 3 aromatic rings. The average molecular weight is 589 g/mol. The number of nitrogens with one attached hydrogen (secondary N) is 2. The van der Waals surface area contributed by atoms with Crippen LogP contribution in [0.25, 0.3) is 11.1 Å². The third kappa shape index (κ3) is 7.37. The van der Waals surface area contributed by atoms with E-state index in [-0.39, 0.29) is 44.3 Å². The summed E-state index contributed by atoms with van der Waals surface area (Å²) in [5.74, 6) is -4.34. The number of anilines is 1. The van der Waals surface area contributed by atoms with Gasteiger partial charge in [-0.15, -0.1) is 0 Å². The quantitative estimate of drug-likeness (QED) is 0.162. The number of rotatable bonds is 14. The minimum absolute atomic E-state index is 0.0312. The third-order valence-corrected chi connectivity index (χ3v) is 7.66. The fourth-order valence-electron chi connectivity index (χ4n) is 5.63. The first kappa shape index (κ1) is 30.8. The molecule has 1 atom stereocenters. The summed E-state index contributed by atoms with van der Waals surface area (Å²) in [5.41, 5.74) is 3.29. The molecular weight excluding hydrogens is 556 g/mol. The monoisotopic (exact) mass is 588 g/mol. The van der Waals surface area contributed by atoms with Gasteiger partial charge in [0, 0.05) is 36.8 Å². The van der Waals surface area contributed by atoms with E-state index in [2.05, 4.69) is 10.6 Å². The van der Waals surface area contributed by atoms with E-state index in [1.165, 1.54) is 12.1 Å². The third-order valence-electron chi connectivity index (χ3n) is 7.66. The fourth-order valence-corrected chi connectivity index (χ4v) is 5.63. The molecule has 0 bridgehead atoms. The highest BCUT2D eigenvalue weighted by molar-refractivity contribution is 5.98. The summed E-state index contributed by atoms with van der Waals surface area (Å²) in [4.78, 5) is 60.2.